The van der Waals surface area contributed by atoms with Crippen molar-refractivity contribution in [3.63, 3.8) is 0 Å². The van der Waals surface area contributed by atoms with Crippen LogP contribution in [0.2, 0.25) is 10.0 Å². The molecule has 2 heterocycles. The molecule has 0 aromatic heterocycles. The van der Waals surface area contributed by atoms with Crippen LogP contribution in [-0.2, 0) is 20.2 Å². The third kappa shape index (κ3) is 7.83. The molecule has 9 nitrogen and oxygen atoms in total. The van der Waals surface area contributed by atoms with Crippen LogP contribution in [0.25, 0.3) is 0 Å². The van der Waals surface area contributed by atoms with E-state index in [1.54, 1.807) is 6.07 Å². The highest BCUT2D eigenvalue weighted by Gasteiger charge is 2.19. The van der Waals surface area contributed by atoms with Gasteiger partial charge in [-0.2, -0.15) is 0 Å². The fourth-order valence-electron chi connectivity index (χ4n) is 4.22. The summed E-state index contributed by atoms with van der Waals surface area (Å²) in [5.74, 6) is 1.04. The van der Waals surface area contributed by atoms with Gasteiger partial charge in [-0.3, -0.25) is 4.90 Å². The van der Waals surface area contributed by atoms with E-state index in [4.69, 9.17) is 32.7 Å². The molecule has 0 spiro atoms. The first-order valence-corrected chi connectivity index (χ1v) is 14.0. The molecule has 0 aliphatic carbocycles. The number of phosphoric acid groups is 1. The van der Waals surface area contributed by atoms with Crippen molar-refractivity contribution >= 4 is 48.3 Å². The Morgan fingerprint density at radius 2 is 1.81 bits per heavy atom. The number of aryl methyl sites for hydroxylation is 1. The summed E-state index contributed by atoms with van der Waals surface area (Å²) in [6.07, 6.45) is 3.15. The Kier molecular flexibility index (Phi) is 9.52. The minimum absolute atomic E-state index is 0.325. The molecule has 0 bridgehead atoms. The van der Waals surface area contributed by atoms with E-state index in [1.165, 1.54) is 0 Å². The highest BCUT2D eigenvalue weighted by Crippen LogP contribution is 2.33. The van der Waals surface area contributed by atoms with Crippen LogP contribution in [0.15, 0.2) is 41.4 Å². The molecule has 0 saturated carbocycles. The number of rotatable bonds is 10. The van der Waals surface area contributed by atoms with Gasteiger partial charge in [-0.1, -0.05) is 35.3 Å². The number of piperazine rings is 1. The lowest BCUT2D eigenvalue weighted by Gasteiger charge is -2.36. The summed E-state index contributed by atoms with van der Waals surface area (Å²) >= 11 is 12.5. The molecule has 1 fully saturated rings. The number of ether oxygens (including phenoxy) is 2. The number of hydrogen-bond donors (Lipinski definition) is 0. The quantitative estimate of drug-likeness (QED) is 0.247. The number of hydrogen-bond acceptors (Lipinski definition) is 9. The Balaban J connectivity index is 1.16. The third-order valence-corrected chi connectivity index (χ3v) is 7.36. The van der Waals surface area contributed by atoms with E-state index in [9.17, 15) is 14.4 Å². The summed E-state index contributed by atoms with van der Waals surface area (Å²) in [5, 5.41) is 1.20. The van der Waals surface area contributed by atoms with Gasteiger partial charge in [0.05, 0.1) is 35.8 Å². The average Bonchev–Trinajstić information content (AvgIpc) is 2.85. The van der Waals surface area contributed by atoms with Crippen molar-refractivity contribution in [3.8, 4) is 5.75 Å². The van der Waals surface area contributed by atoms with Crippen LogP contribution in [-0.4, -0.2) is 56.9 Å². The summed E-state index contributed by atoms with van der Waals surface area (Å²) in [6.45, 7) is 4.72. The Bertz CT molecular complexity index is 1120. The molecule has 0 atom stereocenters. The monoisotopic (exact) mass is 555 g/mol. The van der Waals surface area contributed by atoms with Crippen molar-refractivity contribution in [3.05, 3.63) is 52.0 Å². The van der Waals surface area contributed by atoms with E-state index in [2.05, 4.69) is 19.3 Å². The van der Waals surface area contributed by atoms with Crippen LogP contribution in [0.5, 0.6) is 5.75 Å². The number of anilines is 1. The van der Waals surface area contributed by atoms with Gasteiger partial charge >= 0.3 is 0 Å². The molecule has 0 N–H and O–H groups in total. The van der Waals surface area contributed by atoms with E-state index in [-0.39, 0.29) is 0 Å². The van der Waals surface area contributed by atoms with Crippen molar-refractivity contribution in [1.82, 2.24) is 4.90 Å². The lowest BCUT2D eigenvalue weighted by molar-refractivity contribution is -0.344. The molecule has 4 rings (SSSR count). The van der Waals surface area contributed by atoms with Gasteiger partial charge in [0.1, 0.15) is 5.75 Å². The fourth-order valence-corrected chi connectivity index (χ4v) is 4.82. The molecule has 2 aromatic carbocycles. The second-order valence-electron chi connectivity index (χ2n) is 8.59. The average molecular weight is 556 g/mol. The normalized spacial score (nSPS) is 16.4. The minimum Gasteiger partial charge on any atom is -0.790 e. The molecule has 2 aromatic rings. The van der Waals surface area contributed by atoms with Crippen molar-refractivity contribution in [2.45, 2.75) is 25.7 Å². The molecule has 2 aliphatic heterocycles. The Morgan fingerprint density at radius 1 is 1.00 bits per heavy atom. The van der Waals surface area contributed by atoms with E-state index in [0.717, 1.165) is 56.8 Å². The third-order valence-electron chi connectivity index (χ3n) is 6.13. The summed E-state index contributed by atoms with van der Waals surface area (Å²) in [6, 6.07) is 11.5. The first kappa shape index (κ1) is 27.2. The van der Waals surface area contributed by atoms with Gasteiger partial charge in [0.25, 0.3) is 0 Å². The van der Waals surface area contributed by atoms with E-state index >= 15 is 0 Å². The molecule has 36 heavy (non-hydrogen) atoms. The van der Waals surface area contributed by atoms with Crippen molar-refractivity contribution in [1.29, 1.82) is 0 Å². The summed E-state index contributed by atoms with van der Waals surface area (Å²) in [7, 11) is -5.07. The zero-order valence-corrected chi connectivity index (χ0v) is 22.1. The number of unbranched alkanes of at least 4 members (excludes halogenated alkanes) is 1. The maximum Gasteiger partial charge on any atom is 0.194 e. The van der Waals surface area contributed by atoms with Crippen molar-refractivity contribution in [2.75, 3.05) is 51.0 Å². The van der Waals surface area contributed by atoms with Gasteiger partial charge in [-0.15, -0.1) is 0 Å². The smallest absolute Gasteiger partial charge is 0.194 e. The molecule has 196 valence electrons. The second kappa shape index (κ2) is 12.6. The molecule has 2 aliphatic rings. The van der Waals surface area contributed by atoms with E-state index in [1.807, 2.05) is 30.3 Å². The fraction of sp³-hybridized carbons (Fsp3) is 0.458. The molecule has 0 amide bonds. The summed E-state index contributed by atoms with van der Waals surface area (Å²) < 4.78 is 25.7. The SMILES string of the molecule is O=P([O-])([O-])OCOC1=Nc2cc(OCCCCN3CCN(c4cccc(Cl)c4Cl)CC3)ccc2CC1. The Labute approximate surface area is 220 Å². The van der Waals surface area contributed by atoms with E-state index in [0.29, 0.717) is 46.8 Å². The van der Waals surface area contributed by atoms with Crippen LogP contribution >= 0.6 is 31.0 Å². The van der Waals surface area contributed by atoms with Crippen LogP contribution in [0.1, 0.15) is 24.8 Å². The van der Waals surface area contributed by atoms with Gasteiger partial charge in [0.2, 0.25) is 0 Å². The number of fused-ring (bicyclic) bond motifs is 1. The standard InChI is InChI=1S/C24H30Cl2N3O6P/c25-20-4-3-5-22(24(20)26)29-13-11-28(12-14-29)10-1-2-15-33-19-8-6-18-7-9-23(27-21(18)16-19)34-17-35-36(30,31)32/h3-6,8,16H,1-2,7,9-15,17H2,(H2,30,31,32)/p-2. The van der Waals surface area contributed by atoms with Crippen molar-refractivity contribution in [2.24, 2.45) is 4.99 Å². The largest absolute Gasteiger partial charge is 0.790 e. The van der Waals surface area contributed by atoms with Gasteiger partial charge in [-0.25, -0.2) is 4.99 Å². The molecule has 12 heteroatoms. The maximum absolute atomic E-state index is 10.5. The van der Waals surface area contributed by atoms with Crippen molar-refractivity contribution < 1.29 is 28.3 Å². The Hall–Kier alpha value is -1.84. The molecular weight excluding hydrogens is 528 g/mol. The lowest BCUT2D eigenvalue weighted by atomic mass is 10.0. The minimum atomic E-state index is -5.07. The molecule has 0 radical (unpaired) electrons. The topological polar surface area (TPSA) is 110 Å². The molecule has 1 saturated heterocycles. The van der Waals surface area contributed by atoms with Crippen LogP contribution in [0, 0.1) is 0 Å². The van der Waals surface area contributed by atoms with Crippen LogP contribution < -0.4 is 19.4 Å². The number of benzene rings is 2. The molecule has 0 unspecified atom stereocenters. The molecular formula is C24H28Cl2N3O6P-2. The van der Waals surface area contributed by atoms with Gasteiger partial charge in [0.15, 0.2) is 12.7 Å². The van der Waals surface area contributed by atoms with Crippen LogP contribution in [0.3, 0.4) is 0 Å². The highest BCUT2D eigenvalue weighted by molar-refractivity contribution is 7.43. The number of phosphoric ester groups is 1. The maximum atomic E-state index is 10.5. The zero-order chi connectivity index (χ0) is 25.5. The summed E-state index contributed by atoms with van der Waals surface area (Å²) in [5.41, 5.74) is 2.75. The van der Waals surface area contributed by atoms with Gasteiger partial charge in [0, 0.05) is 38.7 Å². The summed E-state index contributed by atoms with van der Waals surface area (Å²) in [4.78, 5) is 30.2. The van der Waals surface area contributed by atoms with Crippen LogP contribution in [0.4, 0.5) is 11.4 Å². The highest BCUT2D eigenvalue weighted by atomic mass is 35.5. The predicted molar refractivity (Wildman–Crippen MR) is 136 cm³/mol. The number of aliphatic imine (C=N–C) groups is 1. The van der Waals surface area contributed by atoms with E-state index < -0.39 is 14.6 Å². The Morgan fingerprint density at radius 3 is 2.58 bits per heavy atom. The number of nitrogens with zero attached hydrogens (tertiary/aromatic N) is 3. The van der Waals surface area contributed by atoms with Gasteiger partial charge in [-0.05, 0) is 49.6 Å². The second-order valence-corrected chi connectivity index (χ2v) is 10.5. The van der Waals surface area contributed by atoms with Gasteiger partial charge < -0.3 is 33.2 Å². The zero-order valence-electron chi connectivity index (χ0n) is 19.7. The first-order chi connectivity index (χ1) is 17.3. The lowest BCUT2D eigenvalue weighted by Crippen LogP contribution is -2.46. The first-order valence-electron chi connectivity index (χ1n) is 11.8. The predicted octanol–water partition coefficient (Wildman–Crippen LogP) is 3.77. The number of halogens is 2.